The van der Waals surface area contributed by atoms with Crippen LogP contribution in [-0.2, 0) is 4.79 Å². The monoisotopic (exact) mass is 511 g/mol. The SMILES string of the molecule is CCCSc1nc2n(n1)C(c1cccc(Br)c1)C(C(=O)Nc1cccc(C)c1C)=C(C)N2. The molecule has 0 saturated heterocycles. The number of halogens is 1. The third kappa shape index (κ3) is 4.47. The van der Waals surface area contributed by atoms with Crippen LogP contribution in [0.1, 0.15) is 43.0 Å². The van der Waals surface area contributed by atoms with Crippen molar-refractivity contribution in [3.8, 4) is 0 Å². The van der Waals surface area contributed by atoms with Crippen molar-refractivity contribution in [1.82, 2.24) is 14.8 Å². The van der Waals surface area contributed by atoms with E-state index < -0.39 is 6.04 Å². The molecular weight excluding hydrogens is 486 g/mol. The van der Waals surface area contributed by atoms with Gasteiger partial charge in [0.15, 0.2) is 0 Å². The fraction of sp³-hybridized carbons (Fsp3) is 0.292. The number of aromatic nitrogens is 3. The van der Waals surface area contributed by atoms with E-state index in [0.29, 0.717) is 16.7 Å². The molecule has 166 valence electrons. The summed E-state index contributed by atoms with van der Waals surface area (Å²) in [6, 6.07) is 13.5. The normalized spacial score (nSPS) is 15.3. The van der Waals surface area contributed by atoms with Crippen molar-refractivity contribution in [3.63, 3.8) is 0 Å². The number of carbonyl (C=O) groups excluding carboxylic acids is 1. The van der Waals surface area contributed by atoms with E-state index in [2.05, 4.69) is 38.5 Å². The van der Waals surface area contributed by atoms with Crippen LogP contribution in [0.5, 0.6) is 0 Å². The van der Waals surface area contributed by atoms with Gasteiger partial charge in [0.05, 0.1) is 5.57 Å². The van der Waals surface area contributed by atoms with Crippen LogP contribution >= 0.6 is 27.7 Å². The first-order valence-corrected chi connectivity index (χ1v) is 12.4. The Bertz CT molecular complexity index is 1200. The number of fused-ring (bicyclic) bond motifs is 1. The van der Waals surface area contributed by atoms with Crippen molar-refractivity contribution in [3.05, 3.63) is 74.9 Å². The number of rotatable bonds is 6. The molecule has 1 aliphatic heterocycles. The minimum absolute atomic E-state index is 0.155. The van der Waals surface area contributed by atoms with Crippen LogP contribution in [0.3, 0.4) is 0 Å². The molecule has 0 bridgehead atoms. The lowest BCUT2D eigenvalue weighted by Gasteiger charge is -2.29. The van der Waals surface area contributed by atoms with Crippen LogP contribution in [0.15, 0.2) is 63.4 Å². The molecule has 0 spiro atoms. The molecule has 2 aromatic carbocycles. The molecule has 1 atom stereocenters. The molecule has 0 saturated carbocycles. The average molecular weight is 512 g/mol. The number of benzene rings is 2. The van der Waals surface area contributed by atoms with Crippen LogP contribution in [0.25, 0.3) is 0 Å². The average Bonchev–Trinajstić information content (AvgIpc) is 3.16. The molecule has 1 amide bonds. The van der Waals surface area contributed by atoms with Gasteiger partial charge in [-0.05, 0) is 62.1 Å². The summed E-state index contributed by atoms with van der Waals surface area (Å²) in [5.41, 5.74) is 5.35. The molecule has 32 heavy (non-hydrogen) atoms. The number of amides is 1. The maximum Gasteiger partial charge on any atom is 0.255 e. The number of aryl methyl sites for hydroxylation is 1. The van der Waals surface area contributed by atoms with Gasteiger partial charge < -0.3 is 10.6 Å². The smallest absolute Gasteiger partial charge is 0.255 e. The van der Waals surface area contributed by atoms with E-state index in [4.69, 9.17) is 5.10 Å². The topological polar surface area (TPSA) is 71.8 Å². The number of hydrogen-bond donors (Lipinski definition) is 2. The highest BCUT2D eigenvalue weighted by Gasteiger charge is 2.34. The van der Waals surface area contributed by atoms with Crippen molar-refractivity contribution in [1.29, 1.82) is 0 Å². The van der Waals surface area contributed by atoms with Crippen LogP contribution in [0.2, 0.25) is 0 Å². The van der Waals surface area contributed by atoms with Crippen molar-refractivity contribution in [2.45, 2.75) is 45.3 Å². The predicted molar refractivity (Wildman–Crippen MR) is 134 cm³/mol. The molecule has 2 heterocycles. The molecule has 0 aliphatic carbocycles. The summed E-state index contributed by atoms with van der Waals surface area (Å²) in [4.78, 5) is 18.3. The van der Waals surface area contributed by atoms with Gasteiger partial charge in [0.25, 0.3) is 5.91 Å². The van der Waals surface area contributed by atoms with Crippen molar-refractivity contribution in [2.75, 3.05) is 16.4 Å². The minimum atomic E-state index is -0.391. The lowest BCUT2D eigenvalue weighted by Crippen LogP contribution is -2.31. The van der Waals surface area contributed by atoms with E-state index in [9.17, 15) is 4.79 Å². The van der Waals surface area contributed by atoms with Crippen molar-refractivity contribution in [2.24, 2.45) is 0 Å². The van der Waals surface area contributed by atoms with Gasteiger partial charge in [0.2, 0.25) is 11.1 Å². The van der Waals surface area contributed by atoms with Crippen LogP contribution in [0, 0.1) is 13.8 Å². The molecule has 0 radical (unpaired) electrons. The van der Waals surface area contributed by atoms with Crippen molar-refractivity contribution >= 4 is 45.2 Å². The summed E-state index contributed by atoms with van der Waals surface area (Å²) in [6.07, 6.45) is 1.04. The Labute approximate surface area is 201 Å². The van der Waals surface area contributed by atoms with E-state index in [1.54, 1.807) is 11.8 Å². The van der Waals surface area contributed by atoms with Crippen LogP contribution in [-0.4, -0.2) is 26.4 Å². The number of thioether (sulfide) groups is 1. The van der Waals surface area contributed by atoms with Gasteiger partial charge in [0, 0.05) is 21.6 Å². The number of allylic oxidation sites excluding steroid dienone is 1. The lowest BCUT2D eigenvalue weighted by molar-refractivity contribution is -0.113. The largest absolute Gasteiger partial charge is 0.328 e. The first kappa shape index (κ1) is 22.6. The van der Waals surface area contributed by atoms with Gasteiger partial charge in [-0.2, -0.15) is 4.98 Å². The Morgan fingerprint density at radius 2 is 2.00 bits per heavy atom. The Hall–Kier alpha value is -2.58. The second-order valence-electron chi connectivity index (χ2n) is 7.83. The summed E-state index contributed by atoms with van der Waals surface area (Å²) in [5.74, 6) is 1.43. The van der Waals surface area contributed by atoms with Crippen molar-refractivity contribution < 1.29 is 4.79 Å². The Balaban J connectivity index is 1.77. The molecule has 2 N–H and O–H groups in total. The Morgan fingerprint density at radius 3 is 2.75 bits per heavy atom. The maximum absolute atomic E-state index is 13.6. The molecular formula is C24H26BrN5OS. The molecule has 4 rings (SSSR count). The number of carbonyl (C=O) groups is 1. The summed E-state index contributed by atoms with van der Waals surface area (Å²) in [6.45, 7) is 8.11. The van der Waals surface area contributed by atoms with Gasteiger partial charge in [-0.25, -0.2) is 4.68 Å². The molecule has 1 unspecified atom stereocenters. The van der Waals surface area contributed by atoms with E-state index in [1.165, 1.54) is 0 Å². The summed E-state index contributed by atoms with van der Waals surface area (Å²) < 4.78 is 2.77. The first-order valence-electron chi connectivity index (χ1n) is 10.6. The highest BCUT2D eigenvalue weighted by Crippen LogP contribution is 2.37. The zero-order chi connectivity index (χ0) is 22.8. The third-order valence-corrected chi connectivity index (χ3v) is 7.07. The van der Waals surface area contributed by atoms with E-state index in [-0.39, 0.29) is 5.91 Å². The Kier molecular flexibility index (Phi) is 6.71. The van der Waals surface area contributed by atoms with Gasteiger partial charge in [-0.15, -0.1) is 5.10 Å². The highest BCUT2D eigenvalue weighted by atomic mass is 79.9. The maximum atomic E-state index is 13.6. The molecule has 3 aromatic rings. The van der Waals surface area contributed by atoms with Gasteiger partial charge in [0.1, 0.15) is 6.04 Å². The van der Waals surface area contributed by atoms with E-state index >= 15 is 0 Å². The number of hydrogen-bond acceptors (Lipinski definition) is 5. The van der Waals surface area contributed by atoms with Gasteiger partial charge in [-0.3, -0.25) is 4.79 Å². The molecule has 1 aliphatic rings. The number of anilines is 2. The number of nitrogens with zero attached hydrogens (tertiary/aromatic N) is 3. The zero-order valence-electron chi connectivity index (χ0n) is 18.6. The van der Waals surface area contributed by atoms with Gasteiger partial charge in [-0.1, -0.05) is 58.9 Å². The van der Waals surface area contributed by atoms with E-state index in [1.807, 2.05) is 67.9 Å². The van der Waals surface area contributed by atoms with Crippen LogP contribution in [0.4, 0.5) is 11.6 Å². The summed E-state index contributed by atoms with van der Waals surface area (Å²) >= 11 is 5.19. The fourth-order valence-electron chi connectivity index (χ4n) is 3.74. The second kappa shape index (κ2) is 9.50. The second-order valence-corrected chi connectivity index (χ2v) is 9.81. The highest BCUT2D eigenvalue weighted by molar-refractivity contribution is 9.10. The van der Waals surface area contributed by atoms with Crippen LogP contribution < -0.4 is 10.6 Å². The predicted octanol–water partition coefficient (Wildman–Crippen LogP) is 6.09. The van der Waals surface area contributed by atoms with E-state index in [0.717, 1.165) is 44.7 Å². The Morgan fingerprint density at radius 1 is 1.22 bits per heavy atom. The summed E-state index contributed by atoms with van der Waals surface area (Å²) in [7, 11) is 0. The van der Waals surface area contributed by atoms with Gasteiger partial charge >= 0.3 is 0 Å². The first-order chi connectivity index (χ1) is 15.4. The molecule has 0 fully saturated rings. The minimum Gasteiger partial charge on any atom is -0.328 e. The standard InChI is InChI=1S/C24H26BrN5OS/c1-5-12-32-24-28-23-26-16(4)20(22(31)27-19-11-6-8-14(2)15(19)3)21(30(23)29-24)17-9-7-10-18(25)13-17/h6-11,13,21H,5,12H2,1-4H3,(H,27,31)(H,26,28,29). The zero-order valence-corrected chi connectivity index (χ0v) is 21.0. The molecule has 6 nitrogen and oxygen atoms in total. The molecule has 1 aromatic heterocycles. The fourth-order valence-corrected chi connectivity index (χ4v) is 4.84. The number of nitrogens with one attached hydrogen (secondary N) is 2. The quantitative estimate of drug-likeness (QED) is 0.392. The molecule has 8 heteroatoms. The third-order valence-electron chi connectivity index (χ3n) is 5.53. The lowest BCUT2D eigenvalue weighted by atomic mass is 9.95. The summed E-state index contributed by atoms with van der Waals surface area (Å²) in [5, 5.41) is 11.9.